The van der Waals surface area contributed by atoms with Gasteiger partial charge in [-0.1, -0.05) is 34.6 Å². The van der Waals surface area contributed by atoms with Crippen molar-refractivity contribution in [3.63, 3.8) is 0 Å². The normalized spacial score (nSPS) is 21.1. The fraction of sp³-hybridized carbons (Fsp3) is 0.923. The molecule has 1 fully saturated rings. The molecule has 2 heteroatoms. The Balaban J connectivity index is 2.53. The maximum absolute atomic E-state index is 11.8. The lowest BCUT2D eigenvalue weighted by molar-refractivity contribution is -0.137. The minimum Gasteiger partial charge on any atom is -0.342 e. The highest BCUT2D eigenvalue weighted by atomic mass is 16.2. The van der Waals surface area contributed by atoms with E-state index in [1.54, 1.807) is 0 Å². The lowest BCUT2D eigenvalue weighted by Gasteiger charge is -2.42. The molecule has 0 aliphatic carbocycles. The number of amides is 1. The highest BCUT2D eigenvalue weighted by molar-refractivity contribution is 5.78. The van der Waals surface area contributed by atoms with E-state index in [0.29, 0.717) is 17.2 Å². The predicted molar refractivity (Wildman–Crippen MR) is 63.6 cm³/mol. The van der Waals surface area contributed by atoms with E-state index in [1.165, 1.54) is 0 Å². The molecule has 0 saturated carbocycles. The van der Waals surface area contributed by atoms with E-state index in [2.05, 4.69) is 20.8 Å². The highest BCUT2D eigenvalue weighted by Gasteiger charge is 2.34. The molecular formula is C13H25NO. The van der Waals surface area contributed by atoms with Gasteiger partial charge in [0.05, 0.1) is 0 Å². The van der Waals surface area contributed by atoms with Crippen LogP contribution in [0.2, 0.25) is 0 Å². The summed E-state index contributed by atoms with van der Waals surface area (Å²) in [5, 5.41) is 0. The summed E-state index contributed by atoms with van der Waals surface area (Å²) >= 11 is 0. The van der Waals surface area contributed by atoms with Gasteiger partial charge in [-0.3, -0.25) is 4.79 Å². The Bertz CT molecular complexity index is 225. The van der Waals surface area contributed by atoms with Gasteiger partial charge >= 0.3 is 0 Å². The Kier molecular flexibility index (Phi) is 3.80. The minimum atomic E-state index is 0.147. The molecule has 1 heterocycles. The molecule has 88 valence electrons. The van der Waals surface area contributed by atoms with Gasteiger partial charge in [0.25, 0.3) is 0 Å². The molecule has 1 saturated heterocycles. The van der Waals surface area contributed by atoms with E-state index in [0.717, 1.165) is 25.9 Å². The number of hydrogen-bond acceptors (Lipinski definition) is 1. The van der Waals surface area contributed by atoms with Gasteiger partial charge in [0, 0.05) is 19.0 Å². The van der Waals surface area contributed by atoms with Crippen molar-refractivity contribution in [2.24, 2.45) is 17.3 Å². The van der Waals surface area contributed by atoms with Crippen molar-refractivity contribution in [2.45, 2.75) is 47.5 Å². The van der Waals surface area contributed by atoms with Crippen molar-refractivity contribution in [1.82, 2.24) is 4.90 Å². The maximum Gasteiger partial charge on any atom is 0.225 e. The molecule has 0 atom stereocenters. The van der Waals surface area contributed by atoms with Crippen LogP contribution < -0.4 is 0 Å². The zero-order chi connectivity index (χ0) is 11.6. The van der Waals surface area contributed by atoms with Crippen molar-refractivity contribution in [2.75, 3.05) is 13.1 Å². The van der Waals surface area contributed by atoms with E-state index in [9.17, 15) is 4.79 Å². The SMILES string of the molecule is CC(C)C(=O)N1CCC(C)(C(C)C)CC1. The van der Waals surface area contributed by atoms with Gasteiger partial charge in [0.2, 0.25) is 5.91 Å². The van der Waals surface area contributed by atoms with Gasteiger partial charge in [-0.05, 0) is 24.2 Å². The first-order valence-corrected chi connectivity index (χ1v) is 6.15. The van der Waals surface area contributed by atoms with Crippen LogP contribution in [-0.4, -0.2) is 23.9 Å². The summed E-state index contributed by atoms with van der Waals surface area (Å²) in [7, 11) is 0. The first kappa shape index (κ1) is 12.5. The number of likely N-dealkylation sites (tertiary alicyclic amines) is 1. The van der Waals surface area contributed by atoms with Crippen molar-refractivity contribution < 1.29 is 4.79 Å². The van der Waals surface area contributed by atoms with Crippen LogP contribution in [0.25, 0.3) is 0 Å². The molecule has 0 aromatic carbocycles. The molecule has 15 heavy (non-hydrogen) atoms. The summed E-state index contributed by atoms with van der Waals surface area (Å²) in [6.45, 7) is 12.8. The number of carbonyl (C=O) groups is 1. The molecule has 0 N–H and O–H groups in total. The van der Waals surface area contributed by atoms with Gasteiger partial charge in [0.15, 0.2) is 0 Å². The summed E-state index contributed by atoms with van der Waals surface area (Å²) in [5.74, 6) is 1.18. The fourth-order valence-corrected chi connectivity index (χ4v) is 2.18. The molecular weight excluding hydrogens is 186 g/mol. The summed E-state index contributed by atoms with van der Waals surface area (Å²) in [4.78, 5) is 13.8. The molecule has 0 aromatic heterocycles. The first-order valence-electron chi connectivity index (χ1n) is 6.15. The topological polar surface area (TPSA) is 20.3 Å². The molecule has 1 aliphatic heterocycles. The summed E-state index contributed by atoms with van der Waals surface area (Å²) in [5.41, 5.74) is 0.438. The Morgan fingerprint density at radius 2 is 1.60 bits per heavy atom. The molecule has 2 nitrogen and oxygen atoms in total. The van der Waals surface area contributed by atoms with Crippen LogP contribution in [0.5, 0.6) is 0 Å². The van der Waals surface area contributed by atoms with Crippen molar-refractivity contribution >= 4 is 5.91 Å². The standard InChI is InChI=1S/C13H25NO/c1-10(2)12(15)14-8-6-13(5,7-9-14)11(3)4/h10-11H,6-9H2,1-5H3. The minimum absolute atomic E-state index is 0.147. The van der Waals surface area contributed by atoms with E-state index in [-0.39, 0.29) is 5.92 Å². The second kappa shape index (κ2) is 4.54. The van der Waals surface area contributed by atoms with Crippen LogP contribution >= 0.6 is 0 Å². The lowest BCUT2D eigenvalue weighted by Crippen LogP contribution is -2.45. The number of hydrogen-bond donors (Lipinski definition) is 0. The molecule has 0 aromatic rings. The number of rotatable bonds is 2. The molecule has 1 rings (SSSR count). The number of nitrogens with zero attached hydrogens (tertiary/aromatic N) is 1. The Morgan fingerprint density at radius 1 is 1.13 bits per heavy atom. The van der Waals surface area contributed by atoms with Crippen LogP contribution in [0.15, 0.2) is 0 Å². The molecule has 0 bridgehead atoms. The first-order chi connectivity index (χ1) is 6.87. The van der Waals surface area contributed by atoms with Crippen LogP contribution in [0, 0.1) is 17.3 Å². The quantitative estimate of drug-likeness (QED) is 0.687. The maximum atomic E-state index is 11.8. The Labute approximate surface area is 94.0 Å². The molecule has 0 spiro atoms. The molecule has 1 aliphatic rings. The fourth-order valence-electron chi connectivity index (χ4n) is 2.18. The van der Waals surface area contributed by atoms with Crippen molar-refractivity contribution in [3.8, 4) is 0 Å². The second-order valence-corrected chi connectivity index (χ2v) is 5.79. The van der Waals surface area contributed by atoms with Gasteiger partial charge in [-0.15, -0.1) is 0 Å². The van der Waals surface area contributed by atoms with Gasteiger partial charge in [-0.2, -0.15) is 0 Å². The summed E-state index contributed by atoms with van der Waals surface area (Å²) in [6.07, 6.45) is 2.31. The molecule has 0 unspecified atom stereocenters. The van der Waals surface area contributed by atoms with Crippen LogP contribution in [0.3, 0.4) is 0 Å². The predicted octanol–water partition coefficient (Wildman–Crippen LogP) is 2.93. The Hall–Kier alpha value is -0.530. The van der Waals surface area contributed by atoms with Gasteiger partial charge in [0.1, 0.15) is 0 Å². The highest BCUT2D eigenvalue weighted by Crippen LogP contribution is 2.38. The summed E-state index contributed by atoms with van der Waals surface area (Å²) in [6, 6.07) is 0. The third kappa shape index (κ3) is 2.73. The average Bonchev–Trinajstić information content (AvgIpc) is 2.17. The monoisotopic (exact) mass is 211 g/mol. The van der Waals surface area contributed by atoms with Crippen molar-refractivity contribution in [1.29, 1.82) is 0 Å². The van der Waals surface area contributed by atoms with Crippen LogP contribution in [0.4, 0.5) is 0 Å². The van der Waals surface area contributed by atoms with Crippen LogP contribution in [-0.2, 0) is 4.79 Å². The zero-order valence-electron chi connectivity index (χ0n) is 10.8. The zero-order valence-corrected chi connectivity index (χ0v) is 10.8. The van der Waals surface area contributed by atoms with Gasteiger partial charge < -0.3 is 4.90 Å². The molecule has 0 radical (unpaired) electrons. The summed E-state index contributed by atoms with van der Waals surface area (Å²) < 4.78 is 0. The third-order valence-corrected chi connectivity index (χ3v) is 4.11. The second-order valence-electron chi connectivity index (χ2n) is 5.79. The van der Waals surface area contributed by atoms with E-state index in [1.807, 2.05) is 18.7 Å². The Morgan fingerprint density at radius 3 is 1.93 bits per heavy atom. The van der Waals surface area contributed by atoms with Crippen LogP contribution in [0.1, 0.15) is 47.5 Å². The molecule has 1 amide bonds. The van der Waals surface area contributed by atoms with E-state index in [4.69, 9.17) is 0 Å². The third-order valence-electron chi connectivity index (χ3n) is 4.11. The average molecular weight is 211 g/mol. The smallest absolute Gasteiger partial charge is 0.225 e. The van der Waals surface area contributed by atoms with E-state index < -0.39 is 0 Å². The van der Waals surface area contributed by atoms with Crippen molar-refractivity contribution in [3.05, 3.63) is 0 Å². The number of piperidine rings is 1. The lowest BCUT2D eigenvalue weighted by atomic mass is 9.72. The van der Waals surface area contributed by atoms with Gasteiger partial charge in [-0.25, -0.2) is 0 Å². The largest absolute Gasteiger partial charge is 0.342 e. The van der Waals surface area contributed by atoms with E-state index >= 15 is 0 Å². The number of carbonyl (C=O) groups excluding carboxylic acids is 1.